The molecule has 0 aromatic rings. The van der Waals surface area contributed by atoms with Gasteiger partial charge in [0.1, 0.15) is 0 Å². The van der Waals surface area contributed by atoms with E-state index in [1.165, 1.54) is 0 Å². The van der Waals surface area contributed by atoms with Crippen molar-refractivity contribution >= 4 is 5.91 Å². The Kier molecular flexibility index (Phi) is 4.84. The summed E-state index contributed by atoms with van der Waals surface area (Å²) in [5.41, 5.74) is 1.08. The van der Waals surface area contributed by atoms with Crippen LogP contribution in [0.25, 0.3) is 0 Å². The van der Waals surface area contributed by atoms with Gasteiger partial charge in [0, 0.05) is 19.6 Å². The van der Waals surface area contributed by atoms with Gasteiger partial charge in [-0.3, -0.25) is 4.79 Å². The van der Waals surface area contributed by atoms with Crippen molar-refractivity contribution in [2.75, 3.05) is 13.7 Å². The van der Waals surface area contributed by atoms with Crippen molar-refractivity contribution < 1.29 is 14.0 Å². The van der Waals surface area contributed by atoms with Crippen molar-refractivity contribution in [3.05, 3.63) is 0 Å². The number of nitrogens with one attached hydrogen (secondary N) is 1. The van der Waals surface area contributed by atoms with Gasteiger partial charge in [0.05, 0.1) is 0 Å². The number of amides is 1. The summed E-state index contributed by atoms with van der Waals surface area (Å²) in [7, 11) is 1.54. The molecular formula is C6H12FNO2. The van der Waals surface area contributed by atoms with Crippen LogP contribution in [0.3, 0.4) is 0 Å². The lowest BCUT2D eigenvalue weighted by Crippen LogP contribution is -2.23. The first-order valence-electron chi connectivity index (χ1n) is 3.11. The van der Waals surface area contributed by atoms with Gasteiger partial charge in [-0.1, -0.05) is 6.92 Å². The molecule has 0 saturated heterocycles. The van der Waals surface area contributed by atoms with Gasteiger partial charge in [-0.25, -0.2) is 0 Å². The Morgan fingerprint density at radius 2 is 2.40 bits per heavy atom. The molecule has 0 aromatic heterocycles. The van der Waals surface area contributed by atoms with Gasteiger partial charge >= 0.3 is 0 Å². The van der Waals surface area contributed by atoms with E-state index in [1.807, 2.05) is 0 Å². The zero-order valence-electron chi connectivity index (χ0n) is 6.19. The van der Waals surface area contributed by atoms with Gasteiger partial charge in [-0.2, -0.15) is 5.54 Å². The van der Waals surface area contributed by atoms with Crippen molar-refractivity contribution in [2.45, 2.75) is 13.3 Å². The van der Waals surface area contributed by atoms with Crippen LogP contribution in [0.5, 0.6) is 0 Å². The summed E-state index contributed by atoms with van der Waals surface area (Å²) in [5, 5.41) is 0. The standard InChI is InChI=1S/C6H12FNO2/c1-5(3-4-10-2)6(9)8-7/h5H,3-4H2,1-2H3,(H,8,9). The molecule has 0 bridgehead atoms. The van der Waals surface area contributed by atoms with Gasteiger partial charge in [0.25, 0.3) is 5.91 Å². The molecule has 1 amide bonds. The van der Waals surface area contributed by atoms with Crippen molar-refractivity contribution in [3.63, 3.8) is 0 Å². The summed E-state index contributed by atoms with van der Waals surface area (Å²) in [4.78, 5) is 10.5. The Bertz CT molecular complexity index is 108. The fourth-order valence-corrected chi connectivity index (χ4v) is 0.519. The van der Waals surface area contributed by atoms with E-state index in [0.29, 0.717) is 13.0 Å². The SMILES string of the molecule is COCCC(C)C(=O)NF. The molecule has 0 aromatic carbocycles. The molecule has 0 aliphatic carbocycles. The highest BCUT2D eigenvalue weighted by atomic mass is 19.2. The summed E-state index contributed by atoms with van der Waals surface area (Å²) in [6, 6.07) is 0. The fourth-order valence-electron chi connectivity index (χ4n) is 0.519. The Morgan fingerprint density at radius 1 is 1.80 bits per heavy atom. The number of carbonyl (C=O) groups excluding carboxylic acids is 1. The van der Waals surface area contributed by atoms with Crippen LogP contribution >= 0.6 is 0 Å². The molecule has 10 heavy (non-hydrogen) atoms. The maximum absolute atomic E-state index is 11.4. The van der Waals surface area contributed by atoms with E-state index in [2.05, 4.69) is 0 Å². The highest BCUT2D eigenvalue weighted by molar-refractivity contribution is 5.76. The summed E-state index contributed by atoms with van der Waals surface area (Å²) in [6.45, 7) is 2.13. The second-order valence-electron chi connectivity index (χ2n) is 2.14. The zero-order chi connectivity index (χ0) is 7.98. The largest absolute Gasteiger partial charge is 0.385 e. The van der Waals surface area contributed by atoms with E-state index >= 15 is 0 Å². The van der Waals surface area contributed by atoms with Crippen LogP contribution in [0.1, 0.15) is 13.3 Å². The molecule has 60 valence electrons. The van der Waals surface area contributed by atoms with E-state index in [0.717, 1.165) is 5.54 Å². The predicted octanol–water partition coefficient (Wildman–Crippen LogP) is 0.660. The monoisotopic (exact) mass is 149 g/mol. The fraction of sp³-hybridized carbons (Fsp3) is 0.833. The third kappa shape index (κ3) is 3.40. The molecular weight excluding hydrogens is 137 g/mol. The molecule has 1 N–H and O–H groups in total. The van der Waals surface area contributed by atoms with Crippen LogP contribution in [0.2, 0.25) is 0 Å². The number of carbonyl (C=O) groups is 1. The summed E-state index contributed by atoms with van der Waals surface area (Å²) in [6.07, 6.45) is 0.548. The second kappa shape index (κ2) is 5.17. The average molecular weight is 149 g/mol. The Balaban J connectivity index is 3.41. The molecule has 0 aliphatic rings. The lowest BCUT2D eigenvalue weighted by atomic mass is 10.1. The number of halogens is 1. The minimum Gasteiger partial charge on any atom is -0.385 e. The maximum Gasteiger partial charge on any atom is 0.250 e. The molecule has 0 saturated carbocycles. The third-order valence-electron chi connectivity index (χ3n) is 1.30. The average Bonchev–Trinajstić information content (AvgIpc) is 1.98. The van der Waals surface area contributed by atoms with Crippen LogP contribution in [-0.4, -0.2) is 19.6 Å². The molecule has 0 spiro atoms. The molecule has 0 radical (unpaired) electrons. The summed E-state index contributed by atoms with van der Waals surface area (Å²) in [5.74, 6) is -0.901. The first kappa shape index (κ1) is 9.36. The highest BCUT2D eigenvalue weighted by Gasteiger charge is 2.10. The number of methoxy groups -OCH3 is 1. The lowest BCUT2D eigenvalue weighted by molar-refractivity contribution is -0.129. The van der Waals surface area contributed by atoms with Crippen LogP contribution < -0.4 is 5.54 Å². The first-order chi connectivity index (χ1) is 4.72. The van der Waals surface area contributed by atoms with E-state index < -0.39 is 5.91 Å². The minimum atomic E-state index is -0.586. The van der Waals surface area contributed by atoms with Crippen molar-refractivity contribution in [1.29, 1.82) is 0 Å². The molecule has 3 nitrogen and oxygen atoms in total. The summed E-state index contributed by atoms with van der Waals surface area (Å²) < 4.78 is 16.1. The van der Waals surface area contributed by atoms with Gasteiger partial charge in [0.15, 0.2) is 0 Å². The quantitative estimate of drug-likeness (QED) is 0.596. The van der Waals surface area contributed by atoms with Crippen LogP contribution in [0.15, 0.2) is 0 Å². The van der Waals surface area contributed by atoms with Gasteiger partial charge in [-0.05, 0) is 6.42 Å². The molecule has 4 heteroatoms. The number of rotatable bonds is 4. The molecule has 1 atom stereocenters. The predicted molar refractivity (Wildman–Crippen MR) is 34.9 cm³/mol. The highest BCUT2D eigenvalue weighted by Crippen LogP contribution is 2.00. The van der Waals surface area contributed by atoms with E-state index in [1.54, 1.807) is 14.0 Å². The topological polar surface area (TPSA) is 38.3 Å². The maximum atomic E-state index is 11.4. The van der Waals surface area contributed by atoms with E-state index in [4.69, 9.17) is 4.74 Å². The Hall–Kier alpha value is -0.640. The van der Waals surface area contributed by atoms with Crippen LogP contribution in [-0.2, 0) is 9.53 Å². The minimum absolute atomic E-state index is 0.315. The van der Waals surface area contributed by atoms with Crippen molar-refractivity contribution in [1.82, 2.24) is 5.54 Å². The Morgan fingerprint density at radius 3 is 2.80 bits per heavy atom. The van der Waals surface area contributed by atoms with E-state index in [-0.39, 0.29) is 5.92 Å². The van der Waals surface area contributed by atoms with Crippen LogP contribution in [0, 0.1) is 5.92 Å². The smallest absolute Gasteiger partial charge is 0.250 e. The lowest BCUT2D eigenvalue weighted by Gasteiger charge is -2.05. The normalized spacial score (nSPS) is 12.7. The van der Waals surface area contributed by atoms with Crippen molar-refractivity contribution in [2.24, 2.45) is 5.92 Å². The number of ether oxygens (including phenoxy) is 1. The van der Waals surface area contributed by atoms with Gasteiger partial charge in [-0.15, -0.1) is 4.48 Å². The zero-order valence-corrected chi connectivity index (χ0v) is 6.19. The second-order valence-corrected chi connectivity index (χ2v) is 2.14. The molecule has 0 heterocycles. The summed E-state index contributed by atoms with van der Waals surface area (Å²) >= 11 is 0. The van der Waals surface area contributed by atoms with Gasteiger partial charge in [0.2, 0.25) is 0 Å². The van der Waals surface area contributed by atoms with Gasteiger partial charge < -0.3 is 4.74 Å². The van der Waals surface area contributed by atoms with E-state index in [9.17, 15) is 9.28 Å². The molecule has 0 rings (SSSR count). The molecule has 1 unspecified atom stereocenters. The Labute approximate surface area is 59.5 Å². The van der Waals surface area contributed by atoms with Crippen molar-refractivity contribution in [3.8, 4) is 0 Å². The number of hydrogen-bond acceptors (Lipinski definition) is 2. The number of hydrogen-bond donors (Lipinski definition) is 1. The molecule has 0 aliphatic heterocycles. The van der Waals surface area contributed by atoms with Crippen LogP contribution in [0.4, 0.5) is 4.48 Å². The molecule has 0 fully saturated rings. The first-order valence-corrected chi connectivity index (χ1v) is 3.11. The third-order valence-corrected chi connectivity index (χ3v) is 1.30.